The molecule has 0 aliphatic carbocycles. The molecule has 2 aromatic carbocycles. The van der Waals surface area contributed by atoms with E-state index in [1.54, 1.807) is 67.7 Å². The van der Waals surface area contributed by atoms with E-state index in [2.05, 4.69) is 26.4 Å². The summed E-state index contributed by atoms with van der Waals surface area (Å²) in [5, 5.41) is 10.3. The van der Waals surface area contributed by atoms with Crippen LogP contribution in [0.25, 0.3) is 0 Å². The zero-order valence-corrected chi connectivity index (χ0v) is 20.3. The van der Waals surface area contributed by atoms with Crippen molar-refractivity contribution < 1.29 is 19.1 Å². The van der Waals surface area contributed by atoms with Gasteiger partial charge in [0.25, 0.3) is 5.91 Å². The van der Waals surface area contributed by atoms with Crippen molar-refractivity contribution in [3.63, 3.8) is 0 Å². The molecule has 0 atom stereocenters. The number of nitrogens with zero attached hydrogens (tertiary/aromatic N) is 4. The highest BCUT2D eigenvalue weighted by Gasteiger charge is 2.25. The number of rotatable bonds is 9. The Hall–Kier alpha value is -4.33. The number of carbonyl (C=O) groups is 1. The Morgan fingerprint density at radius 1 is 1.05 bits per heavy atom. The highest BCUT2D eigenvalue weighted by Crippen LogP contribution is 2.21. The van der Waals surface area contributed by atoms with Gasteiger partial charge in [-0.15, -0.1) is 16.6 Å². The number of amides is 1. The first-order valence-electron chi connectivity index (χ1n) is 11.0. The van der Waals surface area contributed by atoms with Gasteiger partial charge in [-0.1, -0.05) is 31.5 Å². The van der Waals surface area contributed by atoms with Crippen LogP contribution in [0.4, 0.5) is 0 Å². The van der Waals surface area contributed by atoms with Crippen LogP contribution in [0.2, 0.25) is 0 Å². The van der Waals surface area contributed by atoms with Crippen molar-refractivity contribution in [2.45, 2.75) is 38.9 Å². The highest BCUT2D eigenvalue weighted by molar-refractivity contribution is 7.89. The van der Waals surface area contributed by atoms with E-state index >= 15 is 0 Å². The second kappa shape index (κ2) is 12.1. The van der Waals surface area contributed by atoms with Gasteiger partial charge in [0, 0.05) is 32.2 Å². The fraction of sp³-hybridized carbons (Fsp3) is 0.185. The third-order valence-corrected chi connectivity index (χ3v) is 7.07. The number of hydrogen-bond acceptors (Lipinski definition) is 7. The van der Waals surface area contributed by atoms with Gasteiger partial charge >= 0.3 is 0 Å². The molecular formula is C27H29N5O4S. The summed E-state index contributed by atoms with van der Waals surface area (Å²) in [5.74, 6) is 2.90. The van der Waals surface area contributed by atoms with Gasteiger partial charge in [0.05, 0.1) is 23.7 Å². The zero-order chi connectivity index (χ0) is 25.5. The quantitative estimate of drug-likeness (QED) is 0.333. The molecule has 0 radical (unpaired) electrons. The summed E-state index contributed by atoms with van der Waals surface area (Å²) in [6.07, 6.45) is 7.01. The first kappa shape index (κ1) is 27.3. The predicted octanol–water partition coefficient (Wildman–Crippen LogP) is 3.96. The molecule has 0 saturated carbocycles. The molecule has 0 saturated heterocycles. The van der Waals surface area contributed by atoms with Crippen molar-refractivity contribution in [3.05, 3.63) is 107 Å². The Kier molecular flexibility index (Phi) is 8.90. The van der Waals surface area contributed by atoms with Gasteiger partial charge in [0.15, 0.2) is 0 Å². The second-order valence-corrected chi connectivity index (χ2v) is 9.80. The van der Waals surface area contributed by atoms with Crippen molar-refractivity contribution in [2.75, 3.05) is 0 Å². The molecule has 0 bridgehead atoms. The zero-order valence-electron chi connectivity index (χ0n) is 19.5. The third kappa shape index (κ3) is 6.88. The van der Waals surface area contributed by atoms with Crippen molar-refractivity contribution in [1.82, 2.24) is 24.8 Å². The molecule has 0 aliphatic heterocycles. The summed E-state index contributed by atoms with van der Waals surface area (Å²) in [4.78, 5) is 16.9. The average molecular weight is 520 g/mol. The molecule has 4 rings (SSSR count). The van der Waals surface area contributed by atoms with Crippen molar-refractivity contribution >= 4 is 15.9 Å². The first-order valence-corrected chi connectivity index (χ1v) is 12.4. The normalized spacial score (nSPS) is 10.9. The molecule has 2 aromatic heterocycles. The van der Waals surface area contributed by atoms with Gasteiger partial charge in [-0.25, -0.2) is 8.42 Å². The summed E-state index contributed by atoms with van der Waals surface area (Å²) in [5.41, 5.74) is 2.32. The summed E-state index contributed by atoms with van der Waals surface area (Å²) in [6.45, 7) is 1.93. The number of terminal acetylenes is 1. The van der Waals surface area contributed by atoms with Crippen LogP contribution >= 0.6 is 0 Å². The molecule has 0 fully saturated rings. The monoisotopic (exact) mass is 519 g/mol. The molecule has 0 unspecified atom stereocenters. The number of sulfonamides is 1. The number of hydrogen-bond donors (Lipinski definition) is 1. The predicted molar refractivity (Wildman–Crippen MR) is 141 cm³/mol. The van der Waals surface area contributed by atoms with Crippen molar-refractivity contribution in [2.24, 2.45) is 0 Å². The first-order chi connectivity index (χ1) is 17.3. The maximum Gasteiger partial charge on any atom is 0.251 e. The number of benzene rings is 2. The summed E-state index contributed by atoms with van der Waals surface area (Å²) in [7, 11) is -3.86. The Morgan fingerprint density at radius 2 is 1.78 bits per heavy atom. The lowest BCUT2D eigenvalue weighted by Gasteiger charge is -2.22. The molecule has 37 heavy (non-hydrogen) atoms. The maximum atomic E-state index is 13.5. The van der Waals surface area contributed by atoms with Crippen LogP contribution in [0.3, 0.4) is 0 Å². The van der Waals surface area contributed by atoms with Crippen molar-refractivity contribution in [3.8, 4) is 12.3 Å². The van der Waals surface area contributed by atoms with E-state index in [0.717, 1.165) is 0 Å². The fourth-order valence-electron chi connectivity index (χ4n) is 3.40. The Morgan fingerprint density at radius 3 is 2.38 bits per heavy atom. The van der Waals surface area contributed by atoms with E-state index in [9.17, 15) is 13.2 Å². The Labute approximate surface area is 218 Å². The van der Waals surface area contributed by atoms with E-state index in [-0.39, 0.29) is 39.3 Å². The van der Waals surface area contributed by atoms with Gasteiger partial charge in [-0.05, 0) is 54.1 Å². The van der Waals surface area contributed by atoms with Crippen LogP contribution in [0.1, 0.15) is 47.8 Å². The average Bonchev–Trinajstić information content (AvgIpc) is 3.33. The minimum atomic E-state index is -3.86. The molecule has 0 aliphatic rings. The molecule has 4 aromatic rings. The van der Waals surface area contributed by atoms with Gasteiger partial charge in [0.2, 0.25) is 21.8 Å². The van der Waals surface area contributed by atoms with Crippen LogP contribution in [0.15, 0.2) is 82.2 Å². The number of aryl methyl sites for hydroxylation is 1. The molecule has 9 nitrogen and oxygen atoms in total. The highest BCUT2D eigenvalue weighted by atomic mass is 32.2. The van der Waals surface area contributed by atoms with Crippen LogP contribution in [-0.4, -0.2) is 33.8 Å². The SMILES string of the molecule is C.C#Cc1ccc(S(=O)(=O)N(Cc2ccc(C(=O)NCc3nnc(C)o3)cc2)Cc2ccccn2)cc1.[HH]. The number of nitrogens with one attached hydrogen (secondary N) is 1. The van der Waals surface area contributed by atoms with Crippen molar-refractivity contribution in [1.29, 1.82) is 0 Å². The van der Waals surface area contributed by atoms with Gasteiger partial charge in [0.1, 0.15) is 0 Å². The second-order valence-electron chi connectivity index (χ2n) is 7.86. The van der Waals surface area contributed by atoms with E-state index < -0.39 is 10.0 Å². The topological polar surface area (TPSA) is 118 Å². The van der Waals surface area contributed by atoms with E-state index in [1.807, 2.05) is 0 Å². The summed E-state index contributed by atoms with van der Waals surface area (Å²) >= 11 is 0. The number of pyridine rings is 1. The van der Waals surface area contributed by atoms with E-state index in [4.69, 9.17) is 10.8 Å². The lowest BCUT2D eigenvalue weighted by Crippen LogP contribution is -2.30. The van der Waals surface area contributed by atoms with Gasteiger partial charge < -0.3 is 9.73 Å². The van der Waals surface area contributed by atoms with Crippen LogP contribution < -0.4 is 5.32 Å². The lowest BCUT2D eigenvalue weighted by atomic mass is 10.1. The van der Waals surface area contributed by atoms with Crippen LogP contribution in [-0.2, 0) is 29.7 Å². The minimum Gasteiger partial charge on any atom is -0.424 e. The molecular weight excluding hydrogens is 490 g/mol. The van der Waals surface area contributed by atoms with Gasteiger partial charge in [-0.3, -0.25) is 9.78 Å². The smallest absolute Gasteiger partial charge is 0.251 e. The standard InChI is InChI=1S/C26H23N5O4S.CH4.H2/c1-3-20-9-13-24(14-10-20)36(33,34)31(18-23-6-4-5-15-27-23)17-21-7-11-22(12-8-21)26(32)28-16-25-30-29-19(2)35-25;;/h1,4-15H,16-18H2,2H3,(H,28,32);1H4;1H. The summed E-state index contributed by atoms with van der Waals surface area (Å²) < 4.78 is 33.6. The Bertz CT molecular complexity index is 1480. The molecule has 10 heteroatoms. The molecule has 2 heterocycles. The van der Waals surface area contributed by atoms with E-state index in [1.165, 1.54) is 16.4 Å². The van der Waals surface area contributed by atoms with Crippen LogP contribution in [0.5, 0.6) is 0 Å². The Balaban J connectivity index is 0.00000253. The molecule has 192 valence electrons. The molecule has 0 spiro atoms. The maximum absolute atomic E-state index is 13.5. The minimum absolute atomic E-state index is 0. The lowest BCUT2D eigenvalue weighted by molar-refractivity contribution is 0.0947. The molecule has 1 N–H and O–H groups in total. The summed E-state index contributed by atoms with van der Waals surface area (Å²) in [6, 6.07) is 18.2. The molecule has 1 amide bonds. The third-order valence-electron chi connectivity index (χ3n) is 5.27. The van der Waals surface area contributed by atoms with Gasteiger partial charge in [-0.2, -0.15) is 4.31 Å². The fourth-order valence-corrected chi connectivity index (χ4v) is 4.80. The van der Waals surface area contributed by atoms with E-state index in [0.29, 0.717) is 34.2 Å². The number of aromatic nitrogens is 3. The number of carbonyl (C=O) groups excluding carboxylic acids is 1. The largest absolute Gasteiger partial charge is 0.424 e. The van der Waals surface area contributed by atoms with Crippen LogP contribution in [0, 0.1) is 19.3 Å².